The maximum absolute atomic E-state index is 3.36. The molecule has 0 heterocycles. The molecule has 1 N–H and O–H groups in total. The monoisotopic (exact) mass is 129 g/mol. The standard InChI is InChI=1S/2C3H6.C2H7N/c3*1-3-2/h2*3H,1H2,2H3;3H,1-2H3. The van der Waals surface area contributed by atoms with Crippen LogP contribution in [-0.2, 0) is 0 Å². The molecule has 0 aromatic rings. The fraction of sp³-hybridized carbons (Fsp3) is 0.500. The first kappa shape index (κ1) is 15.8. The molecule has 1 nitrogen and oxygen atoms in total. The van der Waals surface area contributed by atoms with Crippen LogP contribution in [-0.4, -0.2) is 14.1 Å². The van der Waals surface area contributed by atoms with Crippen LogP contribution >= 0.6 is 0 Å². The van der Waals surface area contributed by atoms with Gasteiger partial charge in [0.05, 0.1) is 0 Å². The first-order valence-corrected chi connectivity index (χ1v) is 2.97. The lowest BCUT2D eigenvalue weighted by atomic mass is 10.8. The Morgan fingerprint density at radius 1 is 1.00 bits per heavy atom. The molecule has 0 amide bonds. The Labute approximate surface area is 59.5 Å². The van der Waals surface area contributed by atoms with Gasteiger partial charge in [-0.2, -0.15) is 0 Å². The Kier molecular flexibility index (Phi) is 90.9. The molecule has 0 unspecified atom stereocenters. The zero-order valence-corrected chi connectivity index (χ0v) is 7.07. The minimum atomic E-state index is 1.75. The van der Waals surface area contributed by atoms with E-state index in [1.807, 2.05) is 27.9 Å². The third kappa shape index (κ3) is 702. The lowest BCUT2D eigenvalue weighted by Crippen LogP contribution is -1.89. The molecule has 0 fully saturated rings. The van der Waals surface area contributed by atoms with Gasteiger partial charge < -0.3 is 5.32 Å². The summed E-state index contributed by atoms with van der Waals surface area (Å²) in [5.41, 5.74) is 0. The van der Waals surface area contributed by atoms with E-state index in [1.54, 1.807) is 12.2 Å². The van der Waals surface area contributed by atoms with Crippen LogP contribution < -0.4 is 5.32 Å². The average Bonchev–Trinajstić information content (AvgIpc) is 1.70. The summed E-state index contributed by atoms with van der Waals surface area (Å²) in [7, 11) is 3.75. The van der Waals surface area contributed by atoms with Gasteiger partial charge in [-0.3, -0.25) is 0 Å². The maximum atomic E-state index is 3.36. The molecule has 0 spiro atoms. The molecule has 0 bridgehead atoms. The Morgan fingerprint density at radius 2 is 1.00 bits per heavy atom. The lowest BCUT2D eigenvalue weighted by molar-refractivity contribution is 1.02. The minimum Gasteiger partial charge on any atom is -0.323 e. The zero-order chi connectivity index (χ0) is 8.12. The number of nitrogens with one attached hydrogen (secondary N) is 1. The van der Waals surface area contributed by atoms with Crippen molar-refractivity contribution in [2.24, 2.45) is 0 Å². The second-order valence-corrected chi connectivity index (χ2v) is 1.32. The van der Waals surface area contributed by atoms with Gasteiger partial charge in [0.25, 0.3) is 0 Å². The first-order valence-electron chi connectivity index (χ1n) is 2.97. The molecule has 0 aromatic carbocycles. The quantitative estimate of drug-likeness (QED) is 0.494. The summed E-state index contributed by atoms with van der Waals surface area (Å²) in [6.45, 7) is 10.5. The highest BCUT2D eigenvalue weighted by atomic mass is 14.7. The molecule has 0 aliphatic carbocycles. The van der Waals surface area contributed by atoms with Crippen molar-refractivity contribution in [3.05, 3.63) is 25.3 Å². The normalized spacial score (nSPS) is 4.89. The van der Waals surface area contributed by atoms with Crippen molar-refractivity contribution in [3.63, 3.8) is 0 Å². The molecule has 1 heteroatoms. The van der Waals surface area contributed by atoms with Crippen molar-refractivity contribution in [2.75, 3.05) is 14.1 Å². The van der Waals surface area contributed by atoms with Crippen molar-refractivity contribution < 1.29 is 0 Å². The van der Waals surface area contributed by atoms with E-state index in [2.05, 4.69) is 18.5 Å². The maximum Gasteiger partial charge on any atom is -0.0167 e. The Bertz CT molecular complexity index is 33.8. The summed E-state index contributed by atoms with van der Waals surface area (Å²) < 4.78 is 0. The van der Waals surface area contributed by atoms with Gasteiger partial charge in [-0.1, -0.05) is 12.2 Å². The first-order chi connectivity index (χ1) is 4.24. The molecule has 0 rings (SSSR count). The number of rotatable bonds is 0. The predicted molar refractivity (Wildman–Crippen MR) is 46.7 cm³/mol. The van der Waals surface area contributed by atoms with E-state index in [4.69, 9.17) is 0 Å². The van der Waals surface area contributed by atoms with Crippen LogP contribution in [0.15, 0.2) is 25.3 Å². The van der Waals surface area contributed by atoms with Gasteiger partial charge in [0, 0.05) is 0 Å². The van der Waals surface area contributed by atoms with E-state index in [0.717, 1.165) is 0 Å². The summed E-state index contributed by atoms with van der Waals surface area (Å²) in [4.78, 5) is 0. The van der Waals surface area contributed by atoms with Gasteiger partial charge in [-0.05, 0) is 27.9 Å². The Balaban J connectivity index is -0.0000000600. The molecule has 0 aromatic heterocycles. The van der Waals surface area contributed by atoms with Gasteiger partial charge in [0.15, 0.2) is 0 Å². The predicted octanol–water partition coefficient (Wildman–Crippen LogP) is 2.22. The molecular weight excluding hydrogens is 110 g/mol. The van der Waals surface area contributed by atoms with Crippen LogP contribution in [0.3, 0.4) is 0 Å². The minimum absolute atomic E-state index is 1.75. The van der Waals surface area contributed by atoms with Crippen molar-refractivity contribution in [3.8, 4) is 0 Å². The fourth-order valence-corrected chi connectivity index (χ4v) is 0. The SMILES string of the molecule is C=CC.C=CC.CNC. The molecule has 56 valence electrons. The third-order valence-corrected chi connectivity index (χ3v) is 0. The van der Waals surface area contributed by atoms with Crippen LogP contribution in [0.5, 0.6) is 0 Å². The van der Waals surface area contributed by atoms with Crippen molar-refractivity contribution in [1.82, 2.24) is 5.32 Å². The van der Waals surface area contributed by atoms with E-state index in [9.17, 15) is 0 Å². The highest BCUT2D eigenvalue weighted by Crippen LogP contribution is 1.38. The van der Waals surface area contributed by atoms with Gasteiger partial charge in [-0.25, -0.2) is 0 Å². The van der Waals surface area contributed by atoms with Crippen LogP contribution in [0.2, 0.25) is 0 Å². The molecule has 0 atom stereocenters. The summed E-state index contributed by atoms with van der Waals surface area (Å²) in [5, 5.41) is 2.75. The number of hydrogen-bond acceptors (Lipinski definition) is 1. The zero-order valence-electron chi connectivity index (χ0n) is 7.07. The molecule has 9 heavy (non-hydrogen) atoms. The second kappa shape index (κ2) is 51.8. The van der Waals surface area contributed by atoms with Crippen molar-refractivity contribution in [1.29, 1.82) is 0 Å². The topological polar surface area (TPSA) is 12.0 Å². The van der Waals surface area contributed by atoms with E-state index in [1.165, 1.54) is 0 Å². The van der Waals surface area contributed by atoms with E-state index in [-0.39, 0.29) is 0 Å². The molecule has 0 saturated carbocycles. The Hall–Kier alpha value is -0.560. The van der Waals surface area contributed by atoms with Crippen molar-refractivity contribution in [2.45, 2.75) is 13.8 Å². The Morgan fingerprint density at radius 3 is 1.00 bits per heavy atom. The molecule has 0 saturated heterocycles. The fourth-order valence-electron chi connectivity index (χ4n) is 0. The highest BCUT2D eigenvalue weighted by Gasteiger charge is 1.25. The van der Waals surface area contributed by atoms with Gasteiger partial charge in [-0.15, -0.1) is 13.2 Å². The smallest absolute Gasteiger partial charge is 0.0167 e. The van der Waals surface area contributed by atoms with E-state index in [0.29, 0.717) is 0 Å². The lowest BCUT2D eigenvalue weighted by Gasteiger charge is -1.59. The van der Waals surface area contributed by atoms with Crippen LogP contribution in [0, 0.1) is 0 Å². The number of hydrogen-bond donors (Lipinski definition) is 1. The summed E-state index contributed by atoms with van der Waals surface area (Å²) in [6, 6.07) is 0. The van der Waals surface area contributed by atoms with Gasteiger partial charge in [0.1, 0.15) is 0 Å². The third-order valence-electron chi connectivity index (χ3n) is 0. The van der Waals surface area contributed by atoms with E-state index < -0.39 is 0 Å². The highest BCUT2D eigenvalue weighted by molar-refractivity contribution is 4.51. The second-order valence-electron chi connectivity index (χ2n) is 1.32. The molecule has 0 aliphatic rings. The summed E-state index contributed by atoms with van der Waals surface area (Å²) >= 11 is 0. The van der Waals surface area contributed by atoms with Crippen LogP contribution in [0.4, 0.5) is 0 Å². The van der Waals surface area contributed by atoms with Crippen LogP contribution in [0.25, 0.3) is 0 Å². The van der Waals surface area contributed by atoms with E-state index >= 15 is 0 Å². The summed E-state index contributed by atoms with van der Waals surface area (Å²) in [6.07, 6.45) is 3.50. The largest absolute Gasteiger partial charge is 0.323 e. The molecule has 0 radical (unpaired) electrons. The summed E-state index contributed by atoms with van der Waals surface area (Å²) in [5.74, 6) is 0. The van der Waals surface area contributed by atoms with Crippen LogP contribution in [0.1, 0.15) is 13.8 Å². The molecule has 0 aliphatic heterocycles. The van der Waals surface area contributed by atoms with Crippen molar-refractivity contribution >= 4 is 0 Å². The number of allylic oxidation sites excluding steroid dienone is 2. The average molecular weight is 129 g/mol. The van der Waals surface area contributed by atoms with Gasteiger partial charge in [0.2, 0.25) is 0 Å². The molecular formula is C8H19N. The van der Waals surface area contributed by atoms with Gasteiger partial charge >= 0.3 is 0 Å².